The van der Waals surface area contributed by atoms with Gasteiger partial charge in [0.15, 0.2) is 0 Å². The van der Waals surface area contributed by atoms with Crippen LogP contribution in [-0.2, 0) is 4.79 Å². The summed E-state index contributed by atoms with van der Waals surface area (Å²) >= 11 is 9.15. The lowest BCUT2D eigenvalue weighted by atomic mass is 10.0. The summed E-state index contributed by atoms with van der Waals surface area (Å²) in [7, 11) is 0. The van der Waals surface area contributed by atoms with Crippen LogP contribution < -0.4 is 10.7 Å². The van der Waals surface area contributed by atoms with E-state index in [0.29, 0.717) is 32.1 Å². The highest BCUT2D eigenvalue weighted by Crippen LogP contribution is 2.32. The molecule has 0 aliphatic carbocycles. The van der Waals surface area contributed by atoms with Crippen molar-refractivity contribution in [3.8, 4) is 11.3 Å². The van der Waals surface area contributed by atoms with Crippen LogP contribution in [0.1, 0.15) is 30.0 Å². The average Bonchev–Trinajstić information content (AvgIpc) is 3.25. The van der Waals surface area contributed by atoms with Gasteiger partial charge in [-0.05, 0) is 64.3 Å². The zero-order valence-electron chi connectivity index (χ0n) is 18.1. The molecule has 0 spiro atoms. The topological polar surface area (TPSA) is 127 Å². The first-order chi connectivity index (χ1) is 16.2. The number of non-ortho nitro benzene ring substituents is 1. The third-order valence-corrected chi connectivity index (χ3v) is 5.67. The van der Waals surface area contributed by atoms with Crippen LogP contribution in [0.15, 0.2) is 68.6 Å². The maximum absolute atomic E-state index is 12.6. The van der Waals surface area contributed by atoms with Crippen molar-refractivity contribution in [1.29, 1.82) is 0 Å². The number of carbonyl (C=O) groups is 2. The summed E-state index contributed by atoms with van der Waals surface area (Å²) in [5, 5.41) is 18.0. The van der Waals surface area contributed by atoms with Crippen LogP contribution >= 0.6 is 27.5 Å². The lowest BCUT2D eigenvalue weighted by Gasteiger charge is -2.20. The van der Waals surface area contributed by atoms with E-state index in [1.807, 2.05) is 0 Å². The smallest absolute Gasteiger partial charge is 0.270 e. The number of hydrogen-bond acceptors (Lipinski definition) is 6. The van der Waals surface area contributed by atoms with E-state index in [4.69, 9.17) is 16.0 Å². The number of furan rings is 1. The number of nitro groups is 1. The predicted molar refractivity (Wildman–Crippen MR) is 132 cm³/mol. The highest BCUT2D eigenvalue weighted by atomic mass is 79.9. The van der Waals surface area contributed by atoms with E-state index < -0.39 is 22.8 Å². The van der Waals surface area contributed by atoms with Gasteiger partial charge in [-0.3, -0.25) is 19.7 Å². The number of hydrogen-bond donors (Lipinski definition) is 2. The van der Waals surface area contributed by atoms with E-state index in [1.54, 1.807) is 56.3 Å². The second-order valence-corrected chi connectivity index (χ2v) is 8.85. The number of hydrazone groups is 1. The van der Waals surface area contributed by atoms with Crippen LogP contribution in [0.5, 0.6) is 0 Å². The van der Waals surface area contributed by atoms with Crippen LogP contribution in [0.3, 0.4) is 0 Å². The molecule has 0 bridgehead atoms. The Bertz CT molecular complexity index is 1240. The van der Waals surface area contributed by atoms with E-state index in [2.05, 4.69) is 31.8 Å². The summed E-state index contributed by atoms with van der Waals surface area (Å²) in [6, 6.07) is 13.2. The van der Waals surface area contributed by atoms with E-state index in [-0.39, 0.29) is 11.6 Å². The van der Waals surface area contributed by atoms with Crippen LogP contribution in [0.2, 0.25) is 5.02 Å². The van der Waals surface area contributed by atoms with Gasteiger partial charge in [0.1, 0.15) is 17.6 Å². The van der Waals surface area contributed by atoms with Crippen molar-refractivity contribution in [3.05, 3.63) is 85.5 Å². The van der Waals surface area contributed by atoms with Crippen molar-refractivity contribution in [2.75, 3.05) is 0 Å². The molecule has 0 fully saturated rings. The Morgan fingerprint density at radius 1 is 1.15 bits per heavy atom. The number of nitrogens with zero attached hydrogens (tertiary/aromatic N) is 2. The number of carbonyl (C=O) groups excluding carboxylic acids is 2. The van der Waals surface area contributed by atoms with Gasteiger partial charge in [0.25, 0.3) is 17.5 Å². The number of amides is 2. The molecule has 3 rings (SSSR count). The molecule has 2 N–H and O–H groups in total. The van der Waals surface area contributed by atoms with E-state index in [9.17, 15) is 19.7 Å². The Balaban J connectivity index is 1.64. The lowest BCUT2D eigenvalue weighted by molar-refractivity contribution is -0.384. The van der Waals surface area contributed by atoms with Crippen LogP contribution in [0.25, 0.3) is 11.3 Å². The molecule has 1 unspecified atom stereocenters. The fourth-order valence-electron chi connectivity index (χ4n) is 2.97. The highest BCUT2D eigenvalue weighted by Gasteiger charge is 2.24. The third kappa shape index (κ3) is 6.30. The highest BCUT2D eigenvalue weighted by molar-refractivity contribution is 9.10. The standard InChI is InChI=1S/C23H20BrClN4O5/c1-13(2)21(27-22(30)14-3-5-15(25)6-4-14)23(31)28-26-12-17-8-10-20(34-17)18-9-7-16(29(32)33)11-19(18)24/h3-13,21H,1-2H3,(H,27,30)(H,28,31). The summed E-state index contributed by atoms with van der Waals surface area (Å²) in [6.07, 6.45) is 1.32. The summed E-state index contributed by atoms with van der Waals surface area (Å²) in [5.41, 5.74) is 3.37. The first kappa shape index (κ1) is 25.1. The molecule has 1 heterocycles. The molecule has 1 atom stereocenters. The Kier molecular flexibility index (Phi) is 8.19. The van der Waals surface area contributed by atoms with Gasteiger partial charge in [0, 0.05) is 32.8 Å². The molecule has 11 heteroatoms. The third-order valence-electron chi connectivity index (χ3n) is 4.76. The van der Waals surface area contributed by atoms with Crippen molar-refractivity contribution < 1.29 is 18.9 Å². The molecule has 1 aromatic heterocycles. The molecule has 9 nitrogen and oxygen atoms in total. The molecule has 0 saturated carbocycles. The van der Waals surface area contributed by atoms with Crippen molar-refractivity contribution in [2.45, 2.75) is 19.9 Å². The van der Waals surface area contributed by atoms with Crippen LogP contribution in [0.4, 0.5) is 5.69 Å². The van der Waals surface area contributed by atoms with Crippen molar-refractivity contribution in [1.82, 2.24) is 10.7 Å². The number of rotatable bonds is 8. The van der Waals surface area contributed by atoms with Crippen LogP contribution in [-0.4, -0.2) is 29.0 Å². The largest absolute Gasteiger partial charge is 0.455 e. The molecule has 34 heavy (non-hydrogen) atoms. The second-order valence-electron chi connectivity index (χ2n) is 7.56. The van der Waals surface area contributed by atoms with E-state index in [0.717, 1.165) is 0 Å². The maximum Gasteiger partial charge on any atom is 0.270 e. The number of halogens is 2. The molecule has 2 aromatic carbocycles. The molecule has 176 valence electrons. The van der Waals surface area contributed by atoms with Crippen LogP contribution in [0, 0.1) is 16.0 Å². The fraction of sp³-hybridized carbons (Fsp3) is 0.174. The number of nitro benzene ring substituents is 1. The minimum absolute atomic E-state index is 0.0467. The Morgan fingerprint density at radius 3 is 2.47 bits per heavy atom. The quantitative estimate of drug-likeness (QED) is 0.228. The van der Waals surface area contributed by atoms with E-state index >= 15 is 0 Å². The predicted octanol–water partition coefficient (Wildman–Crippen LogP) is 5.18. The Morgan fingerprint density at radius 2 is 1.85 bits per heavy atom. The van der Waals surface area contributed by atoms with Gasteiger partial charge in [0.2, 0.25) is 0 Å². The molecule has 0 radical (unpaired) electrons. The molecule has 3 aromatic rings. The van der Waals surface area contributed by atoms with Gasteiger partial charge in [-0.15, -0.1) is 0 Å². The summed E-state index contributed by atoms with van der Waals surface area (Å²) < 4.78 is 6.20. The minimum atomic E-state index is -0.816. The lowest BCUT2D eigenvalue weighted by Crippen LogP contribution is -2.48. The van der Waals surface area contributed by atoms with Gasteiger partial charge in [-0.2, -0.15) is 5.10 Å². The second kappa shape index (κ2) is 11.1. The molecule has 2 amide bonds. The summed E-state index contributed by atoms with van der Waals surface area (Å²) in [4.78, 5) is 35.5. The van der Waals surface area contributed by atoms with Gasteiger partial charge >= 0.3 is 0 Å². The molecular formula is C23H20BrClN4O5. The number of benzene rings is 2. The van der Waals surface area contributed by atoms with Crippen molar-refractivity contribution in [3.63, 3.8) is 0 Å². The number of nitrogens with one attached hydrogen (secondary N) is 2. The first-order valence-corrected chi connectivity index (χ1v) is 11.3. The Labute approximate surface area is 208 Å². The monoisotopic (exact) mass is 546 g/mol. The normalized spacial score (nSPS) is 12.0. The van der Waals surface area contributed by atoms with Gasteiger partial charge < -0.3 is 9.73 Å². The van der Waals surface area contributed by atoms with Crippen molar-refractivity contribution in [2.24, 2.45) is 11.0 Å². The summed E-state index contributed by atoms with van der Waals surface area (Å²) in [6.45, 7) is 3.61. The average molecular weight is 548 g/mol. The fourth-order valence-corrected chi connectivity index (χ4v) is 3.66. The van der Waals surface area contributed by atoms with Gasteiger partial charge in [0.05, 0.1) is 11.1 Å². The minimum Gasteiger partial charge on any atom is -0.455 e. The SMILES string of the molecule is CC(C)C(NC(=O)c1ccc(Cl)cc1)C(=O)NN=Cc1ccc(-c2ccc([N+](=O)[O-])cc2Br)o1. The first-order valence-electron chi connectivity index (χ1n) is 10.1. The van der Waals surface area contributed by atoms with Crippen molar-refractivity contribution >= 4 is 51.2 Å². The molecule has 0 aliphatic heterocycles. The maximum atomic E-state index is 12.6. The zero-order chi connectivity index (χ0) is 24.8. The summed E-state index contributed by atoms with van der Waals surface area (Å²) in [5.74, 6) is -0.268. The molecule has 0 aliphatic rings. The molecular weight excluding hydrogens is 528 g/mol. The van der Waals surface area contributed by atoms with Gasteiger partial charge in [-0.1, -0.05) is 25.4 Å². The Hall–Kier alpha value is -3.50. The van der Waals surface area contributed by atoms with Gasteiger partial charge in [-0.25, -0.2) is 5.43 Å². The molecule has 0 saturated heterocycles. The zero-order valence-corrected chi connectivity index (χ0v) is 20.5. The van der Waals surface area contributed by atoms with E-state index in [1.165, 1.54) is 18.3 Å².